The van der Waals surface area contributed by atoms with E-state index in [0.717, 1.165) is 16.9 Å². The average Bonchev–Trinajstić information content (AvgIpc) is 2.21. The zero-order chi connectivity index (χ0) is 12.1. The van der Waals surface area contributed by atoms with Crippen LogP contribution < -0.4 is 4.90 Å². The number of aromatic hydroxyl groups is 1. The first-order chi connectivity index (χ1) is 7.34. The summed E-state index contributed by atoms with van der Waals surface area (Å²) < 4.78 is 5.75. The summed E-state index contributed by atoms with van der Waals surface area (Å²) in [6.45, 7) is 8.24. The summed E-state index contributed by atoms with van der Waals surface area (Å²) >= 11 is 0. The standard InChI is InChI=1S/C12H18N2O2/c1-7-9-6-16-12(3,4)14(5)11(9)13-8(2)10(7)15/h15H,6H2,1-5H3. The van der Waals surface area contributed by atoms with E-state index in [0.29, 0.717) is 12.3 Å². The number of nitrogens with zero attached hydrogens (tertiary/aromatic N) is 2. The summed E-state index contributed by atoms with van der Waals surface area (Å²) in [5.74, 6) is 1.18. The molecule has 88 valence electrons. The molecule has 0 bridgehead atoms. The molecule has 1 aliphatic rings. The Labute approximate surface area is 95.9 Å². The maximum Gasteiger partial charge on any atom is 0.140 e. The zero-order valence-corrected chi connectivity index (χ0v) is 10.5. The van der Waals surface area contributed by atoms with Gasteiger partial charge in [0.2, 0.25) is 0 Å². The minimum atomic E-state index is -0.351. The van der Waals surface area contributed by atoms with Gasteiger partial charge in [0.15, 0.2) is 0 Å². The van der Waals surface area contributed by atoms with Gasteiger partial charge in [-0.2, -0.15) is 0 Å². The van der Waals surface area contributed by atoms with Gasteiger partial charge in [-0.05, 0) is 27.7 Å². The number of ether oxygens (including phenoxy) is 1. The van der Waals surface area contributed by atoms with Crippen molar-refractivity contribution in [2.75, 3.05) is 11.9 Å². The van der Waals surface area contributed by atoms with Crippen molar-refractivity contribution in [3.8, 4) is 5.75 Å². The van der Waals surface area contributed by atoms with Gasteiger partial charge in [0, 0.05) is 18.2 Å². The SMILES string of the molecule is Cc1nc2c(c(C)c1O)COC(C)(C)N2C. The second-order valence-electron chi connectivity index (χ2n) is 4.77. The van der Waals surface area contributed by atoms with Crippen LogP contribution in [0.15, 0.2) is 0 Å². The monoisotopic (exact) mass is 222 g/mol. The van der Waals surface area contributed by atoms with Crippen molar-refractivity contribution in [2.24, 2.45) is 0 Å². The molecular formula is C12H18N2O2. The maximum absolute atomic E-state index is 9.84. The third-order valence-corrected chi connectivity index (χ3v) is 3.39. The Bertz CT molecular complexity index is 441. The third-order valence-electron chi connectivity index (χ3n) is 3.39. The van der Waals surface area contributed by atoms with Gasteiger partial charge in [0.1, 0.15) is 17.3 Å². The Morgan fingerprint density at radius 1 is 1.38 bits per heavy atom. The predicted octanol–water partition coefficient (Wildman–Crippen LogP) is 2.11. The summed E-state index contributed by atoms with van der Waals surface area (Å²) in [7, 11) is 1.96. The van der Waals surface area contributed by atoms with E-state index in [1.807, 2.05) is 39.6 Å². The quantitative estimate of drug-likeness (QED) is 0.730. The molecule has 2 heterocycles. The van der Waals surface area contributed by atoms with Gasteiger partial charge in [-0.15, -0.1) is 0 Å². The summed E-state index contributed by atoms with van der Waals surface area (Å²) in [6, 6.07) is 0. The molecule has 0 aliphatic carbocycles. The minimum absolute atomic E-state index is 0.274. The lowest BCUT2D eigenvalue weighted by Crippen LogP contribution is -2.47. The highest BCUT2D eigenvalue weighted by Crippen LogP contribution is 2.37. The molecule has 4 nitrogen and oxygen atoms in total. The van der Waals surface area contributed by atoms with Crippen LogP contribution >= 0.6 is 0 Å². The Hall–Kier alpha value is -1.29. The first-order valence-corrected chi connectivity index (χ1v) is 5.41. The van der Waals surface area contributed by atoms with Crippen molar-refractivity contribution in [1.82, 2.24) is 4.98 Å². The summed E-state index contributed by atoms with van der Waals surface area (Å²) in [5.41, 5.74) is 2.16. The number of pyridine rings is 1. The molecule has 0 radical (unpaired) electrons. The van der Waals surface area contributed by atoms with Crippen molar-refractivity contribution >= 4 is 5.82 Å². The lowest BCUT2D eigenvalue weighted by molar-refractivity contribution is -0.0382. The van der Waals surface area contributed by atoms with Crippen LogP contribution in [-0.2, 0) is 11.3 Å². The van der Waals surface area contributed by atoms with Crippen molar-refractivity contribution < 1.29 is 9.84 Å². The molecule has 0 fully saturated rings. The fourth-order valence-corrected chi connectivity index (χ4v) is 1.91. The highest BCUT2D eigenvalue weighted by Gasteiger charge is 2.33. The number of aromatic nitrogens is 1. The van der Waals surface area contributed by atoms with Gasteiger partial charge in [0.05, 0.1) is 12.3 Å². The van der Waals surface area contributed by atoms with Gasteiger partial charge in [0.25, 0.3) is 0 Å². The number of hydrogen-bond donors (Lipinski definition) is 1. The second kappa shape index (κ2) is 3.35. The fourth-order valence-electron chi connectivity index (χ4n) is 1.91. The van der Waals surface area contributed by atoms with Crippen LogP contribution in [0, 0.1) is 13.8 Å². The van der Waals surface area contributed by atoms with Gasteiger partial charge >= 0.3 is 0 Å². The molecule has 0 saturated carbocycles. The largest absolute Gasteiger partial charge is 0.506 e. The highest BCUT2D eigenvalue weighted by molar-refractivity contribution is 5.57. The number of fused-ring (bicyclic) bond motifs is 1. The van der Waals surface area contributed by atoms with E-state index in [9.17, 15) is 5.11 Å². The van der Waals surface area contributed by atoms with Crippen molar-refractivity contribution in [3.63, 3.8) is 0 Å². The molecule has 0 saturated heterocycles. The molecule has 0 amide bonds. The topological polar surface area (TPSA) is 45.6 Å². The molecule has 4 heteroatoms. The van der Waals surface area contributed by atoms with Crippen molar-refractivity contribution in [1.29, 1.82) is 0 Å². The second-order valence-corrected chi connectivity index (χ2v) is 4.77. The Morgan fingerprint density at radius 3 is 2.62 bits per heavy atom. The molecule has 0 spiro atoms. The summed E-state index contributed by atoms with van der Waals surface area (Å²) in [5, 5.41) is 9.84. The summed E-state index contributed by atoms with van der Waals surface area (Å²) in [4.78, 5) is 6.45. The number of anilines is 1. The van der Waals surface area contributed by atoms with Gasteiger partial charge < -0.3 is 14.7 Å². The smallest absolute Gasteiger partial charge is 0.140 e. The molecule has 0 aromatic carbocycles. The van der Waals surface area contributed by atoms with Crippen LogP contribution in [-0.4, -0.2) is 22.9 Å². The van der Waals surface area contributed by atoms with Gasteiger partial charge in [-0.3, -0.25) is 0 Å². The van der Waals surface area contributed by atoms with Crippen LogP contribution in [0.3, 0.4) is 0 Å². The van der Waals surface area contributed by atoms with Gasteiger partial charge in [-0.1, -0.05) is 0 Å². The molecule has 1 aromatic rings. The van der Waals surface area contributed by atoms with E-state index in [2.05, 4.69) is 4.98 Å². The molecule has 2 rings (SSSR count). The van der Waals surface area contributed by atoms with E-state index in [1.165, 1.54) is 0 Å². The number of hydrogen-bond acceptors (Lipinski definition) is 4. The minimum Gasteiger partial charge on any atom is -0.506 e. The first kappa shape index (κ1) is 11.2. The summed E-state index contributed by atoms with van der Waals surface area (Å²) in [6.07, 6.45) is 0. The van der Waals surface area contributed by atoms with Crippen LogP contribution in [0.25, 0.3) is 0 Å². The lowest BCUT2D eigenvalue weighted by Gasteiger charge is -2.42. The molecule has 0 atom stereocenters. The highest BCUT2D eigenvalue weighted by atomic mass is 16.5. The number of rotatable bonds is 0. The van der Waals surface area contributed by atoms with E-state index in [1.54, 1.807) is 0 Å². The van der Waals surface area contributed by atoms with E-state index in [4.69, 9.17) is 4.74 Å². The fraction of sp³-hybridized carbons (Fsp3) is 0.583. The molecule has 16 heavy (non-hydrogen) atoms. The first-order valence-electron chi connectivity index (χ1n) is 5.41. The van der Waals surface area contributed by atoms with Crippen LogP contribution in [0.1, 0.15) is 30.7 Å². The van der Waals surface area contributed by atoms with E-state index >= 15 is 0 Å². The lowest BCUT2D eigenvalue weighted by atomic mass is 10.0. The molecule has 1 aliphatic heterocycles. The van der Waals surface area contributed by atoms with E-state index < -0.39 is 0 Å². The van der Waals surface area contributed by atoms with E-state index in [-0.39, 0.29) is 11.5 Å². The van der Waals surface area contributed by atoms with Crippen molar-refractivity contribution in [3.05, 3.63) is 16.8 Å². The van der Waals surface area contributed by atoms with Gasteiger partial charge in [-0.25, -0.2) is 4.98 Å². The third kappa shape index (κ3) is 1.45. The maximum atomic E-state index is 9.84. The van der Waals surface area contributed by atoms with Crippen LogP contribution in [0.2, 0.25) is 0 Å². The number of aryl methyl sites for hydroxylation is 1. The Kier molecular flexibility index (Phi) is 2.35. The zero-order valence-electron chi connectivity index (χ0n) is 10.5. The molecular weight excluding hydrogens is 204 g/mol. The van der Waals surface area contributed by atoms with Crippen molar-refractivity contribution in [2.45, 2.75) is 40.0 Å². The molecule has 1 aromatic heterocycles. The molecule has 0 unspecified atom stereocenters. The average molecular weight is 222 g/mol. The Balaban J connectivity index is 2.62. The normalized spacial score (nSPS) is 18.4. The van der Waals surface area contributed by atoms with Crippen LogP contribution in [0.5, 0.6) is 5.75 Å². The predicted molar refractivity (Wildman–Crippen MR) is 62.6 cm³/mol. The van der Waals surface area contributed by atoms with Crippen LogP contribution in [0.4, 0.5) is 5.82 Å². The Morgan fingerprint density at radius 2 is 2.00 bits per heavy atom. The molecule has 1 N–H and O–H groups in total.